The molecule has 0 aromatic carbocycles. The van der Waals surface area contributed by atoms with E-state index >= 15 is 0 Å². The Bertz CT molecular complexity index is 636. The highest BCUT2D eigenvalue weighted by Gasteiger charge is 2.42. The SMILES string of the molecule is CCC[C@@]1(CO)CN(C(=O)CSc2nc(C)cc(=O)[nH]2)CC[C@H]1O. The predicted octanol–water partition coefficient (Wildman–Crippen LogP) is 0.542. The summed E-state index contributed by atoms with van der Waals surface area (Å²) in [5.41, 5.74) is -0.263. The molecular weight excluding hydrogens is 330 g/mol. The number of H-pyrrole nitrogens is 1. The third-order valence-electron chi connectivity index (χ3n) is 4.48. The normalized spacial score (nSPS) is 24.2. The van der Waals surface area contributed by atoms with Crippen LogP contribution in [0.3, 0.4) is 0 Å². The van der Waals surface area contributed by atoms with Gasteiger partial charge < -0.3 is 20.1 Å². The number of likely N-dealkylation sites (tertiary alicyclic amines) is 1. The van der Waals surface area contributed by atoms with Gasteiger partial charge in [-0.25, -0.2) is 4.98 Å². The minimum atomic E-state index is -0.636. The number of aromatic nitrogens is 2. The van der Waals surface area contributed by atoms with E-state index in [-0.39, 0.29) is 23.8 Å². The van der Waals surface area contributed by atoms with Crippen LogP contribution in [0.25, 0.3) is 0 Å². The summed E-state index contributed by atoms with van der Waals surface area (Å²) in [5, 5.41) is 20.4. The van der Waals surface area contributed by atoms with Crippen molar-refractivity contribution in [1.82, 2.24) is 14.9 Å². The first-order valence-corrected chi connectivity index (χ1v) is 9.16. The average molecular weight is 355 g/mol. The third-order valence-corrected chi connectivity index (χ3v) is 5.34. The van der Waals surface area contributed by atoms with Crippen molar-refractivity contribution >= 4 is 17.7 Å². The number of thioether (sulfide) groups is 1. The van der Waals surface area contributed by atoms with Crippen LogP contribution in [-0.2, 0) is 4.79 Å². The van der Waals surface area contributed by atoms with Gasteiger partial charge in [0.2, 0.25) is 5.91 Å². The van der Waals surface area contributed by atoms with Crippen LogP contribution in [0.15, 0.2) is 16.0 Å². The van der Waals surface area contributed by atoms with E-state index in [1.165, 1.54) is 17.8 Å². The van der Waals surface area contributed by atoms with Crippen molar-refractivity contribution in [1.29, 1.82) is 0 Å². The maximum absolute atomic E-state index is 12.5. The standard InChI is InChI=1S/C16H25N3O4S/c1-3-5-16(10-20)9-19(6-4-12(16)21)14(23)8-24-15-17-11(2)7-13(22)18-15/h7,12,20-21H,3-6,8-10H2,1-2H3,(H,17,18,22)/t12-,16+/m1/s1. The van der Waals surface area contributed by atoms with Gasteiger partial charge in [-0.3, -0.25) is 9.59 Å². The molecule has 134 valence electrons. The quantitative estimate of drug-likeness (QED) is 0.508. The lowest BCUT2D eigenvalue weighted by Gasteiger charge is -2.45. The minimum Gasteiger partial charge on any atom is -0.396 e. The summed E-state index contributed by atoms with van der Waals surface area (Å²) in [4.78, 5) is 32.4. The van der Waals surface area contributed by atoms with Crippen LogP contribution >= 0.6 is 11.8 Å². The number of carbonyl (C=O) groups is 1. The van der Waals surface area contributed by atoms with E-state index in [9.17, 15) is 19.8 Å². The zero-order chi connectivity index (χ0) is 17.7. The number of carbonyl (C=O) groups excluding carboxylic acids is 1. The highest BCUT2D eigenvalue weighted by atomic mass is 32.2. The second kappa shape index (κ2) is 8.13. The Hall–Kier alpha value is -1.38. The number of aromatic amines is 1. The number of piperidine rings is 1. The van der Waals surface area contributed by atoms with Crippen molar-refractivity contribution in [3.05, 3.63) is 22.1 Å². The van der Waals surface area contributed by atoms with Crippen LogP contribution in [0.5, 0.6) is 0 Å². The number of hydrogen-bond donors (Lipinski definition) is 3. The van der Waals surface area contributed by atoms with E-state index < -0.39 is 11.5 Å². The van der Waals surface area contributed by atoms with Gasteiger partial charge in [0, 0.05) is 30.3 Å². The van der Waals surface area contributed by atoms with Gasteiger partial charge in [0.25, 0.3) is 5.56 Å². The van der Waals surface area contributed by atoms with Crippen molar-refractivity contribution in [2.75, 3.05) is 25.4 Å². The molecule has 0 unspecified atom stereocenters. The van der Waals surface area contributed by atoms with Crippen LogP contribution in [0.2, 0.25) is 0 Å². The van der Waals surface area contributed by atoms with Gasteiger partial charge in [0.05, 0.1) is 18.5 Å². The molecule has 1 aromatic rings. The lowest BCUT2D eigenvalue weighted by Crippen LogP contribution is -2.55. The Labute approximate surface area is 145 Å². The number of rotatable bonds is 6. The molecule has 0 saturated carbocycles. The first kappa shape index (κ1) is 19.0. The molecule has 0 radical (unpaired) electrons. The van der Waals surface area contributed by atoms with Crippen LogP contribution in [0.4, 0.5) is 0 Å². The number of aliphatic hydroxyl groups excluding tert-OH is 2. The molecule has 1 aliphatic heterocycles. The monoisotopic (exact) mass is 355 g/mol. The fourth-order valence-corrected chi connectivity index (χ4v) is 4.01. The molecule has 1 fully saturated rings. The molecule has 0 bridgehead atoms. The average Bonchev–Trinajstić information content (AvgIpc) is 2.54. The van der Waals surface area contributed by atoms with Gasteiger partial charge in [-0.05, 0) is 19.8 Å². The summed E-state index contributed by atoms with van der Waals surface area (Å²) in [6, 6.07) is 1.40. The first-order chi connectivity index (χ1) is 11.4. The Morgan fingerprint density at radius 1 is 1.58 bits per heavy atom. The summed E-state index contributed by atoms with van der Waals surface area (Å²) < 4.78 is 0. The Morgan fingerprint density at radius 3 is 2.96 bits per heavy atom. The van der Waals surface area contributed by atoms with E-state index in [1.54, 1.807) is 11.8 Å². The largest absolute Gasteiger partial charge is 0.396 e. The summed E-state index contributed by atoms with van der Waals surface area (Å²) >= 11 is 1.19. The van der Waals surface area contributed by atoms with Gasteiger partial charge in [-0.15, -0.1) is 0 Å². The van der Waals surface area contributed by atoms with Gasteiger partial charge >= 0.3 is 0 Å². The van der Waals surface area contributed by atoms with Crippen molar-refractivity contribution < 1.29 is 15.0 Å². The van der Waals surface area contributed by atoms with E-state index in [0.717, 1.165) is 6.42 Å². The Morgan fingerprint density at radius 2 is 2.33 bits per heavy atom. The number of nitrogens with zero attached hydrogens (tertiary/aromatic N) is 2. The molecule has 1 amide bonds. The molecular formula is C16H25N3O4S. The summed E-state index contributed by atoms with van der Waals surface area (Å²) in [5.74, 6) is 0.0841. The van der Waals surface area contributed by atoms with E-state index in [0.29, 0.717) is 36.8 Å². The summed E-state index contributed by atoms with van der Waals surface area (Å²) in [6.07, 6.45) is 1.39. The number of aryl methyl sites for hydroxylation is 1. The summed E-state index contributed by atoms with van der Waals surface area (Å²) in [6.45, 7) is 4.43. The van der Waals surface area contributed by atoms with Crippen LogP contribution in [0, 0.1) is 12.3 Å². The number of nitrogens with one attached hydrogen (secondary N) is 1. The van der Waals surface area contributed by atoms with Crippen LogP contribution < -0.4 is 5.56 Å². The van der Waals surface area contributed by atoms with Crippen LogP contribution in [-0.4, -0.2) is 62.5 Å². The highest BCUT2D eigenvalue weighted by Crippen LogP contribution is 2.35. The fraction of sp³-hybridized carbons (Fsp3) is 0.688. The molecule has 8 heteroatoms. The van der Waals surface area contributed by atoms with Crippen molar-refractivity contribution in [3.8, 4) is 0 Å². The molecule has 3 N–H and O–H groups in total. The van der Waals surface area contributed by atoms with Gasteiger partial charge in [0.1, 0.15) is 0 Å². The molecule has 24 heavy (non-hydrogen) atoms. The zero-order valence-electron chi connectivity index (χ0n) is 14.1. The third kappa shape index (κ3) is 4.37. The lowest BCUT2D eigenvalue weighted by molar-refractivity contribution is -0.139. The molecule has 2 heterocycles. The molecule has 0 spiro atoms. The minimum absolute atomic E-state index is 0.0787. The highest BCUT2D eigenvalue weighted by molar-refractivity contribution is 7.99. The fourth-order valence-electron chi connectivity index (χ4n) is 3.18. The molecule has 2 atom stereocenters. The molecule has 0 aliphatic carbocycles. The molecule has 1 saturated heterocycles. The number of amides is 1. The Balaban J connectivity index is 2.00. The molecule has 1 aromatic heterocycles. The second-order valence-electron chi connectivity index (χ2n) is 6.37. The molecule has 7 nitrogen and oxygen atoms in total. The zero-order valence-corrected chi connectivity index (χ0v) is 14.9. The Kier molecular flexibility index (Phi) is 6.42. The van der Waals surface area contributed by atoms with Crippen LogP contribution in [0.1, 0.15) is 31.9 Å². The summed E-state index contributed by atoms with van der Waals surface area (Å²) in [7, 11) is 0. The molecule has 2 rings (SSSR count). The lowest BCUT2D eigenvalue weighted by atomic mass is 9.74. The van der Waals surface area contributed by atoms with E-state index in [2.05, 4.69) is 9.97 Å². The molecule has 1 aliphatic rings. The maximum Gasteiger partial charge on any atom is 0.251 e. The van der Waals surface area contributed by atoms with Gasteiger partial charge in [-0.1, -0.05) is 25.1 Å². The van der Waals surface area contributed by atoms with Crippen molar-refractivity contribution in [2.45, 2.75) is 44.4 Å². The number of aliphatic hydroxyl groups is 2. The second-order valence-corrected chi connectivity index (χ2v) is 7.33. The number of hydrogen-bond acceptors (Lipinski definition) is 6. The van der Waals surface area contributed by atoms with Crippen molar-refractivity contribution in [2.24, 2.45) is 5.41 Å². The predicted molar refractivity (Wildman–Crippen MR) is 91.9 cm³/mol. The van der Waals surface area contributed by atoms with Gasteiger partial charge in [0.15, 0.2) is 5.16 Å². The maximum atomic E-state index is 12.5. The topological polar surface area (TPSA) is 107 Å². The van der Waals surface area contributed by atoms with Gasteiger partial charge in [-0.2, -0.15) is 0 Å². The van der Waals surface area contributed by atoms with Crippen molar-refractivity contribution in [3.63, 3.8) is 0 Å². The first-order valence-electron chi connectivity index (χ1n) is 8.17. The van der Waals surface area contributed by atoms with E-state index in [4.69, 9.17) is 0 Å². The van der Waals surface area contributed by atoms with E-state index in [1.807, 2.05) is 6.92 Å². The smallest absolute Gasteiger partial charge is 0.251 e.